The number of methoxy groups -OCH3 is 1. The van der Waals surface area contributed by atoms with Crippen LogP contribution < -0.4 is 5.73 Å². The highest BCUT2D eigenvalue weighted by molar-refractivity contribution is 9.10. The van der Waals surface area contributed by atoms with Gasteiger partial charge in [-0.3, -0.25) is 0 Å². The Labute approximate surface area is 135 Å². The molecule has 0 aromatic heterocycles. The molecule has 0 heterocycles. The fraction of sp³-hybridized carbons (Fsp3) is 0.647. The second-order valence-corrected chi connectivity index (χ2v) is 7.55. The van der Waals surface area contributed by atoms with Gasteiger partial charge >= 0.3 is 0 Å². The molecule has 4 heteroatoms. The lowest BCUT2D eigenvalue weighted by molar-refractivity contribution is -0.0106. The predicted octanol–water partition coefficient (Wildman–Crippen LogP) is 3.12. The third-order valence-corrected chi connectivity index (χ3v) is 6.25. The van der Waals surface area contributed by atoms with Crippen molar-refractivity contribution in [1.29, 1.82) is 0 Å². The Hall–Kier alpha value is -0.420. The van der Waals surface area contributed by atoms with E-state index < -0.39 is 5.54 Å². The van der Waals surface area contributed by atoms with Crippen LogP contribution in [0.1, 0.15) is 43.2 Å². The Kier molecular flexibility index (Phi) is 4.17. The van der Waals surface area contributed by atoms with E-state index in [1.807, 2.05) is 0 Å². The summed E-state index contributed by atoms with van der Waals surface area (Å²) in [4.78, 5) is 0. The zero-order valence-electron chi connectivity index (χ0n) is 12.6. The average Bonchev–Trinajstić information content (AvgIpc) is 2.70. The minimum absolute atomic E-state index is 0.0773. The topological polar surface area (TPSA) is 55.5 Å². The third kappa shape index (κ3) is 2.37. The number of rotatable bonds is 3. The molecule has 21 heavy (non-hydrogen) atoms. The smallest absolute Gasteiger partial charge is 0.0571 e. The molecule has 116 valence electrons. The molecule has 1 fully saturated rings. The van der Waals surface area contributed by atoms with E-state index >= 15 is 0 Å². The van der Waals surface area contributed by atoms with Gasteiger partial charge in [-0.1, -0.05) is 22.0 Å². The molecule has 1 aromatic carbocycles. The lowest BCUT2D eigenvalue weighted by Crippen LogP contribution is -2.52. The molecule has 1 aromatic rings. The van der Waals surface area contributed by atoms with Crippen molar-refractivity contribution in [3.8, 4) is 0 Å². The maximum atomic E-state index is 9.58. The number of nitrogens with two attached hydrogens (primary N) is 1. The molecule has 1 spiro atoms. The zero-order chi connectivity index (χ0) is 15.1. The molecule has 3 N–H and O–H groups in total. The van der Waals surface area contributed by atoms with Crippen LogP contribution in [0.4, 0.5) is 0 Å². The van der Waals surface area contributed by atoms with Gasteiger partial charge in [0.1, 0.15) is 0 Å². The maximum absolute atomic E-state index is 9.58. The number of aliphatic hydroxyl groups is 1. The van der Waals surface area contributed by atoms with Gasteiger partial charge in [-0.05, 0) is 67.2 Å². The Balaban J connectivity index is 1.99. The van der Waals surface area contributed by atoms with E-state index in [9.17, 15) is 5.11 Å². The van der Waals surface area contributed by atoms with Crippen molar-refractivity contribution in [3.05, 3.63) is 33.8 Å². The van der Waals surface area contributed by atoms with Gasteiger partial charge in [-0.15, -0.1) is 0 Å². The fourth-order valence-corrected chi connectivity index (χ4v) is 4.87. The highest BCUT2D eigenvalue weighted by atomic mass is 79.9. The van der Waals surface area contributed by atoms with Crippen LogP contribution in [0.3, 0.4) is 0 Å². The maximum Gasteiger partial charge on any atom is 0.0571 e. The van der Waals surface area contributed by atoms with Crippen molar-refractivity contribution < 1.29 is 9.84 Å². The van der Waals surface area contributed by atoms with Crippen molar-refractivity contribution >= 4 is 15.9 Å². The van der Waals surface area contributed by atoms with Crippen LogP contribution in [0.25, 0.3) is 0 Å². The first-order chi connectivity index (χ1) is 10.0. The molecule has 0 aliphatic heterocycles. The molecule has 1 saturated carbocycles. The van der Waals surface area contributed by atoms with Crippen molar-refractivity contribution in [2.75, 3.05) is 13.7 Å². The van der Waals surface area contributed by atoms with E-state index in [0.717, 1.165) is 36.6 Å². The van der Waals surface area contributed by atoms with Crippen LogP contribution in [-0.4, -0.2) is 24.9 Å². The first kappa shape index (κ1) is 15.5. The number of halogens is 1. The van der Waals surface area contributed by atoms with Gasteiger partial charge in [0.25, 0.3) is 0 Å². The monoisotopic (exact) mass is 353 g/mol. The molecule has 2 aliphatic carbocycles. The van der Waals surface area contributed by atoms with E-state index in [-0.39, 0.29) is 12.0 Å². The second-order valence-electron chi connectivity index (χ2n) is 6.64. The predicted molar refractivity (Wildman–Crippen MR) is 87.1 cm³/mol. The lowest BCUT2D eigenvalue weighted by Gasteiger charge is -2.48. The highest BCUT2D eigenvalue weighted by Gasteiger charge is 2.55. The van der Waals surface area contributed by atoms with Gasteiger partial charge in [0.05, 0.1) is 6.10 Å². The van der Waals surface area contributed by atoms with E-state index in [1.165, 1.54) is 11.1 Å². The van der Waals surface area contributed by atoms with Gasteiger partial charge in [0.2, 0.25) is 0 Å². The van der Waals surface area contributed by atoms with Crippen molar-refractivity contribution in [2.45, 2.75) is 50.2 Å². The summed E-state index contributed by atoms with van der Waals surface area (Å²) in [5.41, 5.74) is 9.16. The van der Waals surface area contributed by atoms with Gasteiger partial charge in [-0.25, -0.2) is 0 Å². The summed E-state index contributed by atoms with van der Waals surface area (Å²) in [6, 6.07) is 6.44. The number of benzene rings is 1. The third-order valence-electron chi connectivity index (χ3n) is 5.76. The molecule has 0 radical (unpaired) electrons. The fourth-order valence-electron chi connectivity index (χ4n) is 4.50. The number of aliphatic hydroxyl groups excluding tert-OH is 1. The van der Waals surface area contributed by atoms with Crippen LogP contribution in [0.5, 0.6) is 0 Å². The molecular formula is C17H24BrNO2. The van der Waals surface area contributed by atoms with Crippen LogP contribution in [0.2, 0.25) is 0 Å². The summed E-state index contributed by atoms with van der Waals surface area (Å²) in [7, 11) is 1.80. The van der Waals surface area contributed by atoms with E-state index in [0.29, 0.717) is 12.5 Å². The van der Waals surface area contributed by atoms with Crippen molar-refractivity contribution in [2.24, 2.45) is 11.1 Å². The highest BCUT2D eigenvalue weighted by Crippen LogP contribution is 2.58. The minimum atomic E-state index is -0.417. The Morgan fingerprint density at radius 1 is 1.38 bits per heavy atom. The molecule has 0 amide bonds. The largest absolute Gasteiger partial charge is 0.396 e. The van der Waals surface area contributed by atoms with Gasteiger partial charge in [-0.2, -0.15) is 0 Å². The molecular weight excluding hydrogens is 330 g/mol. The minimum Gasteiger partial charge on any atom is -0.396 e. The molecule has 2 aliphatic rings. The second kappa shape index (κ2) is 5.65. The SMILES string of the molecule is COC1CCC2(CC1)Cc1ccc(Br)cc1C2(N)CCO. The number of ether oxygens (including phenoxy) is 1. The number of hydrogen-bond donors (Lipinski definition) is 2. The number of fused-ring (bicyclic) bond motifs is 1. The Morgan fingerprint density at radius 3 is 2.71 bits per heavy atom. The Morgan fingerprint density at radius 2 is 2.10 bits per heavy atom. The Bertz CT molecular complexity index is 526. The molecule has 0 bridgehead atoms. The standard InChI is InChI=1S/C17H24BrNO2/c1-21-14-4-6-16(7-5-14)11-12-2-3-13(18)10-15(12)17(16,19)8-9-20/h2-3,10,14,20H,4-9,11,19H2,1H3. The van der Waals surface area contributed by atoms with Gasteiger partial charge in [0.15, 0.2) is 0 Å². The quantitative estimate of drug-likeness (QED) is 0.877. The molecule has 3 nitrogen and oxygen atoms in total. The van der Waals surface area contributed by atoms with E-state index in [4.69, 9.17) is 10.5 Å². The molecule has 0 saturated heterocycles. The molecule has 1 unspecified atom stereocenters. The summed E-state index contributed by atoms with van der Waals surface area (Å²) in [6.07, 6.45) is 6.31. The molecule has 1 atom stereocenters. The summed E-state index contributed by atoms with van der Waals surface area (Å²) in [5, 5.41) is 9.58. The zero-order valence-corrected chi connectivity index (χ0v) is 14.2. The first-order valence-electron chi connectivity index (χ1n) is 7.76. The van der Waals surface area contributed by atoms with Gasteiger partial charge < -0.3 is 15.6 Å². The van der Waals surface area contributed by atoms with Crippen LogP contribution >= 0.6 is 15.9 Å². The molecule has 3 rings (SSSR count). The number of hydrogen-bond acceptors (Lipinski definition) is 3. The summed E-state index contributed by atoms with van der Waals surface area (Å²) in [6.45, 7) is 0.137. The van der Waals surface area contributed by atoms with Crippen LogP contribution in [0, 0.1) is 5.41 Å². The average molecular weight is 354 g/mol. The summed E-state index contributed by atoms with van der Waals surface area (Å²) < 4.78 is 6.59. The first-order valence-corrected chi connectivity index (χ1v) is 8.55. The lowest BCUT2D eigenvalue weighted by atomic mass is 9.61. The van der Waals surface area contributed by atoms with Crippen molar-refractivity contribution in [1.82, 2.24) is 0 Å². The normalized spacial score (nSPS) is 35.1. The van der Waals surface area contributed by atoms with Crippen LogP contribution in [-0.2, 0) is 16.7 Å². The van der Waals surface area contributed by atoms with Crippen LogP contribution in [0.15, 0.2) is 22.7 Å². The summed E-state index contributed by atoms with van der Waals surface area (Å²) in [5.74, 6) is 0. The van der Waals surface area contributed by atoms with E-state index in [1.54, 1.807) is 7.11 Å². The van der Waals surface area contributed by atoms with Crippen molar-refractivity contribution in [3.63, 3.8) is 0 Å². The van der Waals surface area contributed by atoms with Gasteiger partial charge in [0, 0.05) is 23.7 Å². The van der Waals surface area contributed by atoms with E-state index in [2.05, 4.69) is 34.1 Å². The summed E-state index contributed by atoms with van der Waals surface area (Å²) >= 11 is 3.56.